The van der Waals surface area contributed by atoms with Gasteiger partial charge in [-0.05, 0) is 36.4 Å². The van der Waals surface area contributed by atoms with Crippen molar-refractivity contribution in [2.24, 2.45) is 0 Å². The van der Waals surface area contributed by atoms with Crippen LogP contribution in [0, 0.1) is 5.82 Å². The van der Waals surface area contributed by atoms with Crippen LogP contribution in [0.4, 0.5) is 9.52 Å². The molecule has 0 spiro atoms. The number of thioether (sulfide) groups is 1. The fourth-order valence-corrected chi connectivity index (χ4v) is 3.63. The summed E-state index contributed by atoms with van der Waals surface area (Å²) >= 11 is 2.54. The van der Waals surface area contributed by atoms with E-state index in [0.29, 0.717) is 10.7 Å². The Bertz CT molecular complexity index is 1030. The van der Waals surface area contributed by atoms with Crippen LogP contribution >= 0.6 is 23.1 Å². The zero-order chi connectivity index (χ0) is 17.9. The largest absolute Gasteiger partial charge is 0.411 e. The van der Waals surface area contributed by atoms with Crippen molar-refractivity contribution in [3.05, 3.63) is 54.3 Å². The number of halogens is 1. The van der Waals surface area contributed by atoms with Crippen LogP contribution in [0.1, 0.15) is 0 Å². The molecule has 1 amide bonds. The molecule has 4 rings (SSSR count). The van der Waals surface area contributed by atoms with E-state index in [4.69, 9.17) is 4.42 Å². The van der Waals surface area contributed by atoms with E-state index >= 15 is 0 Å². The maximum absolute atomic E-state index is 12.9. The van der Waals surface area contributed by atoms with Crippen molar-refractivity contribution in [1.29, 1.82) is 0 Å². The second-order valence-corrected chi connectivity index (χ2v) is 7.16. The number of rotatable bonds is 5. The van der Waals surface area contributed by atoms with Gasteiger partial charge in [0.05, 0.1) is 16.0 Å². The Kier molecular flexibility index (Phi) is 4.63. The van der Waals surface area contributed by atoms with Crippen molar-refractivity contribution in [3.8, 4) is 11.5 Å². The van der Waals surface area contributed by atoms with Gasteiger partial charge in [0.25, 0.3) is 5.22 Å². The Hall–Kier alpha value is -2.78. The van der Waals surface area contributed by atoms with Crippen LogP contribution in [-0.4, -0.2) is 26.8 Å². The van der Waals surface area contributed by atoms with Gasteiger partial charge < -0.3 is 9.73 Å². The Morgan fingerprint density at radius 2 is 1.96 bits per heavy atom. The topological polar surface area (TPSA) is 80.9 Å². The van der Waals surface area contributed by atoms with E-state index in [2.05, 4.69) is 20.5 Å². The number of hydrogen-bond acceptors (Lipinski definition) is 7. The molecule has 2 aromatic heterocycles. The molecule has 0 fully saturated rings. The number of fused-ring (bicyclic) bond motifs is 1. The number of amides is 1. The van der Waals surface area contributed by atoms with Crippen molar-refractivity contribution >= 4 is 44.4 Å². The molecular weight excluding hydrogens is 375 g/mol. The lowest BCUT2D eigenvalue weighted by molar-refractivity contribution is -0.113. The molecule has 2 heterocycles. The summed E-state index contributed by atoms with van der Waals surface area (Å²) in [5.41, 5.74) is 1.46. The van der Waals surface area contributed by atoms with E-state index in [1.54, 1.807) is 12.1 Å². The van der Waals surface area contributed by atoms with Gasteiger partial charge in [-0.2, -0.15) is 0 Å². The first-order chi connectivity index (χ1) is 12.7. The van der Waals surface area contributed by atoms with Gasteiger partial charge in [-0.15, -0.1) is 10.2 Å². The fourth-order valence-electron chi connectivity index (χ4n) is 2.19. The number of hydrogen-bond donors (Lipinski definition) is 1. The van der Waals surface area contributed by atoms with Gasteiger partial charge in [0, 0.05) is 5.56 Å². The van der Waals surface area contributed by atoms with E-state index in [1.807, 2.05) is 24.3 Å². The van der Waals surface area contributed by atoms with E-state index in [-0.39, 0.29) is 28.6 Å². The number of thiazole rings is 1. The minimum absolute atomic E-state index is 0.112. The molecule has 130 valence electrons. The van der Waals surface area contributed by atoms with Gasteiger partial charge in [0.15, 0.2) is 5.13 Å². The van der Waals surface area contributed by atoms with Gasteiger partial charge in [0.2, 0.25) is 11.8 Å². The number of nitrogens with one attached hydrogen (secondary N) is 1. The Labute approximate surface area is 155 Å². The van der Waals surface area contributed by atoms with E-state index in [9.17, 15) is 9.18 Å². The summed E-state index contributed by atoms with van der Waals surface area (Å²) in [6, 6.07) is 13.4. The zero-order valence-corrected chi connectivity index (χ0v) is 14.8. The maximum atomic E-state index is 12.9. The van der Waals surface area contributed by atoms with Crippen LogP contribution in [0.15, 0.2) is 58.2 Å². The van der Waals surface area contributed by atoms with Crippen LogP contribution in [0.25, 0.3) is 21.7 Å². The third-order valence-corrected chi connectivity index (χ3v) is 5.13. The highest BCUT2D eigenvalue weighted by molar-refractivity contribution is 7.99. The van der Waals surface area contributed by atoms with Crippen molar-refractivity contribution in [3.63, 3.8) is 0 Å². The first-order valence-corrected chi connectivity index (χ1v) is 9.35. The third-order valence-electron chi connectivity index (χ3n) is 3.36. The highest BCUT2D eigenvalue weighted by Gasteiger charge is 2.13. The predicted octanol–water partition coefficient (Wildman–Crippen LogP) is 4.22. The Morgan fingerprint density at radius 1 is 1.15 bits per heavy atom. The van der Waals surface area contributed by atoms with Gasteiger partial charge in [0.1, 0.15) is 5.82 Å². The summed E-state index contributed by atoms with van der Waals surface area (Å²) in [6.45, 7) is 0. The lowest BCUT2D eigenvalue weighted by Gasteiger charge is -1.98. The van der Waals surface area contributed by atoms with E-state index in [0.717, 1.165) is 22.0 Å². The summed E-state index contributed by atoms with van der Waals surface area (Å²) in [6.07, 6.45) is 0. The van der Waals surface area contributed by atoms with Crippen molar-refractivity contribution in [1.82, 2.24) is 15.2 Å². The van der Waals surface area contributed by atoms with Crippen LogP contribution in [0.3, 0.4) is 0 Å². The number of carbonyl (C=O) groups is 1. The maximum Gasteiger partial charge on any atom is 0.277 e. The molecule has 0 saturated carbocycles. The molecule has 0 bridgehead atoms. The number of aromatic nitrogens is 3. The smallest absolute Gasteiger partial charge is 0.277 e. The number of carbonyl (C=O) groups excluding carboxylic acids is 1. The Balaban J connectivity index is 1.36. The lowest BCUT2D eigenvalue weighted by atomic mass is 10.2. The summed E-state index contributed by atoms with van der Waals surface area (Å²) < 4.78 is 19.4. The average molecular weight is 386 g/mol. The molecule has 0 radical (unpaired) electrons. The molecule has 26 heavy (non-hydrogen) atoms. The number of nitrogens with zero attached hydrogens (tertiary/aromatic N) is 3. The van der Waals surface area contributed by atoms with Gasteiger partial charge in [-0.25, -0.2) is 9.37 Å². The summed E-state index contributed by atoms with van der Waals surface area (Å²) in [7, 11) is 0. The number of anilines is 1. The minimum Gasteiger partial charge on any atom is -0.411 e. The molecule has 1 N–H and O–H groups in total. The summed E-state index contributed by atoms with van der Waals surface area (Å²) in [4.78, 5) is 16.4. The van der Waals surface area contributed by atoms with Gasteiger partial charge in [-0.3, -0.25) is 4.79 Å². The number of para-hydroxylation sites is 1. The molecule has 9 heteroatoms. The monoisotopic (exact) mass is 386 g/mol. The molecule has 4 aromatic rings. The SMILES string of the molecule is O=C(CSc1nnc(-c2ccc(F)cc2)o1)Nc1nc2ccccc2s1. The summed E-state index contributed by atoms with van der Waals surface area (Å²) in [5, 5.41) is 11.4. The van der Waals surface area contributed by atoms with Crippen molar-refractivity contribution in [2.75, 3.05) is 11.1 Å². The van der Waals surface area contributed by atoms with E-state index < -0.39 is 0 Å². The summed E-state index contributed by atoms with van der Waals surface area (Å²) in [5.74, 6) is -0.162. The molecule has 0 aliphatic carbocycles. The highest BCUT2D eigenvalue weighted by atomic mass is 32.2. The molecular formula is C17H11FN4O2S2. The zero-order valence-electron chi connectivity index (χ0n) is 13.2. The Morgan fingerprint density at radius 3 is 2.77 bits per heavy atom. The molecule has 0 aliphatic rings. The van der Waals surface area contributed by atoms with Gasteiger partial charge in [-0.1, -0.05) is 35.2 Å². The van der Waals surface area contributed by atoms with Crippen LogP contribution in [0.2, 0.25) is 0 Å². The van der Waals surface area contributed by atoms with E-state index in [1.165, 1.54) is 23.5 Å². The minimum atomic E-state index is -0.339. The first kappa shape index (κ1) is 16.7. The third kappa shape index (κ3) is 3.73. The van der Waals surface area contributed by atoms with Crippen LogP contribution in [0.5, 0.6) is 0 Å². The highest BCUT2D eigenvalue weighted by Crippen LogP contribution is 2.26. The molecule has 6 nitrogen and oxygen atoms in total. The van der Waals surface area contributed by atoms with Gasteiger partial charge >= 0.3 is 0 Å². The van der Waals surface area contributed by atoms with Crippen molar-refractivity contribution in [2.45, 2.75) is 5.22 Å². The lowest BCUT2D eigenvalue weighted by Crippen LogP contribution is -2.13. The van der Waals surface area contributed by atoms with Crippen LogP contribution < -0.4 is 5.32 Å². The van der Waals surface area contributed by atoms with Crippen LogP contribution in [-0.2, 0) is 4.79 Å². The average Bonchev–Trinajstić information content (AvgIpc) is 3.27. The second kappa shape index (κ2) is 7.22. The molecule has 0 atom stereocenters. The molecule has 0 unspecified atom stereocenters. The number of benzene rings is 2. The normalized spacial score (nSPS) is 11.0. The molecule has 0 saturated heterocycles. The first-order valence-electron chi connectivity index (χ1n) is 7.55. The fraction of sp³-hybridized carbons (Fsp3) is 0.0588. The standard InChI is InChI=1S/C17H11FN4O2S2/c18-11-7-5-10(6-8-11)15-21-22-17(24-15)25-9-14(23)20-16-19-12-3-1-2-4-13(12)26-16/h1-8H,9H2,(H,19,20,23). The van der Waals surface area contributed by atoms with Crippen molar-refractivity contribution < 1.29 is 13.6 Å². The second-order valence-electron chi connectivity index (χ2n) is 5.20. The molecule has 2 aromatic carbocycles. The predicted molar refractivity (Wildman–Crippen MR) is 98.7 cm³/mol. The quantitative estimate of drug-likeness (QED) is 0.517. The molecule has 0 aliphatic heterocycles.